The Morgan fingerprint density at radius 2 is 1.53 bits per heavy atom. The standard InChI is InChI=1S/C15H13BrF2O/c1-8-4-14(16)9(2)3-13(8)15(19)10-5-11(17)7-12(18)6-10/h3-7,15,19H,1-2H3. The zero-order chi connectivity index (χ0) is 14.2. The number of benzene rings is 2. The first kappa shape index (κ1) is 14.2. The number of hydrogen-bond acceptors (Lipinski definition) is 1. The number of hydrogen-bond donors (Lipinski definition) is 1. The zero-order valence-electron chi connectivity index (χ0n) is 10.5. The van der Waals surface area contributed by atoms with Gasteiger partial charge in [0.25, 0.3) is 0 Å². The monoisotopic (exact) mass is 326 g/mol. The van der Waals surface area contributed by atoms with Crippen molar-refractivity contribution in [3.8, 4) is 0 Å². The van der Waals surface area contributed by atoms with Gasteiger partial charge in [-0.3, -0.25) is 0 Å². The summed E-state index contributed by atoms with van der Waals surface area (Å²) in [5.74, 6) is -1.39. The summed E-state index contributed by atoms with van der Waals surface area (Å²) in [4.78, 5) is 0. The molecule has 0 saturated heterocycles. The number of rotatable bonds is 2. The molecule has 0 fully saturated rings. The van der Waals surface area contributed by atoms with Gasteiger partial charge in [-0.15, -0.1) is 0 Å². The van der Waals surface area contributed by atoms with Gasteiger partial charge in [0.1, 0.15) is 17.7 Å². The van der Waals surface area contributed by atoms with Gasteiger partial charge in [-0.05, 0) is 54.3 Å². The lowest BCUT2D eigenvalue weighted by Crippen LogP contribution is -2.04. The lowest BCUT2D eigenvalue weighted by Gasteiger charge is -2.16. The molecule has 0 spiro atoms. The minimum atomic E-state index is -1.04. The van der Waals surface area contributed by atoms with Crippen molar-refractivity contribution >= 4 is 15.9 Å². The molecule has 19 heavy (non-hydrogen) atoms. The first-order chi connectivity index (χ1) is 8.88. The Labute approximate surface area is 119 Å². The molecule has 0 bridgehead atoms. The van der Waals surface area contributed by atoms with Crippen LogP contribution < -0.4 is 0 Å². The van der Waals surface area contributed by atoms with Crippen molar-refractivity contribution in [2.24, 2.45) is 0 Å². The highest BCUT2D eigenvalue weighted by molar-refractivity contribution is 9.10. The van der Waals surface area contributed by atoms with Gasteiger partial charge in [0.05, 0.1) is 0 Å². The van der Waals surface area contributed by atoms with Gasteiger partial charge in [0.15, 0.2) is 0 Å². The molecule has 2 aromatic rings. The number of halogens is 3. The van der Waals surface area contributed by atoms with Crippen LogP contribution in [0.3, 0.4) is 0 Å². The fourth-order valence-electron chi connectivity index (χ4n) is 2.01. The van der Waals surface area contributed by atoms with Crippen LogP contribution in [-0.4, -0.2) is 5.11 Å². The zero-order valence-corrected chi connectivity index (χ0v) is 12.1. The summed E-state index contributed by atoms with van der Waals surface area (Å²) in [6.45, 7) is 3.74. The molecular formula is C15H13BrF2O. The summed E-state index contributed by atoms with van der Waals surface area (Å²) in [5, 5.41) is 10.3. The molecule has 100 valence electrons. The summed E-state index contributed by atoms with van der Waals surface area (Å²) < 4.78 is 27.3. The van der Waals surface area contributed by atoms with E-state index in [9.17, 15) is 13.9 Å². The Morgan fingerprint density at radius 3 is 2.11 bits per heavy atom. The predicted octanol–water partition coefficient (Wildman–Crippen LogP) is 4.43. The van der Waals surface area contributed by atoms with Gasteiger partial charge in [-0.1, -0.05) is 22.0 Å². The van der Waals surface area contributed by atoms with E-state index in [1.165, 1.54) is 0 Å². The van der Waals surface area contributed by atoms with Gasteiger partial charge < -0.3 is 5.11 Å². The topological polar surface area (TPSA) is 20.2 Å². The normalized spacial score (nSPS) is 12.5. The molecule has 0 saturated carbocycles. The van der Waals surface area contributed by atoms with Crippen molar-refractivity contribution in [3.63, 3.8) is 0 Å². The van der Waals surface area contributed by atoms with Crippen LogP contribution in [0.5, 0.6) is 0 Å². The molecule has 0 aliphatic rings. The van der Waals surface area contributed by atoms with Crippen molar-refractivity contribution in [1.29, 1.82) is 0 Å². The molecule has 0 heterocycles. The maximum Gasteiger partial charge on any atom is 0.126 e. The molecule has 1 unspecified atom stereocenters. The molecule has 4 heteroatoms. The summed E-state index contributed by atoms with van der Waals surface area (Å²) in [5.41, 5.74) is 2.67. The molecule has 2 aromatic carbocycles. The van der Waals surface area contributed by atoms with E-state index in [2.05, 4.69) is 15.9 Å². The third-order valence-electron chi connectivity index (χ3n) is 3.04. The van der Waals surface area contributed by atoms with Crippen LogP contribution in [0, 0.1) is 25.5 Å². The van der Waals surface area contributed by atoms with E-state index in [0.29, 0.717) is 5.56 Å². The molecular weight excluding hydrogens is 314 g/mol. The maximum absolute atomic E-state index is 13.2. The summed E-state index contributed by atoms with van der Waals surface area (Å²) in [7, 11) is 0. The van der Waals surface area contributed by atoms with Crippen LogP contribution in [0.15, 0.2) is 34.8 Å². The third kappa shape index (κ3) is 3.01. The van der Waals surface area contributed by atoms with E-state index in [1.54, 1.807) is 0 Å². The average Bonchev–Trinajstić information content (AvgIpc) is 2.31. The predicted molar refractivity (Wildman–Crippen MR) is 74.0 cm³/mol. The molecule has 1 N–H and O–H groups in total. The second kappa shape index (κ2) is 5.39. The fourth-order valence-corrected chi connectivity index (χ4v) is 2.47. The first-order valence-electron chi connectivity index (χ1n) is 5.79. The van der Waals surface area contributed by atoms with Crippen LogP contribution in [-0.2, 0) is 0 Å². The molecule has 0 aliphatic heterocycles. The van der Waals surface area contributed by atoms with Crippen LogP contribution >= 0.6 is 15.9 Å². The SMILES string of the molecule is Cc1cc(C(O)c2cc(F)cc(F)c2)c(C)cc1Br. The summed E-state index contributed by atoms with van der Waals surface area (Å²) >= 11 is 3.41. The van der Waals surface area contributed by atoms with Crippen molar-refractivity contribution in [2.45, 2.75) is 20.0 Å². The largest absolute Gasteiger partial charge is 0.384 e. The highest BCUT2D eigenvalue weighted by Gasteiger charge is 2.16. The van der Waals surface area contributed by atoms with Gasteiger partial charge >= 0.3 is 0 Å². The number of aryl methyl sites for hydroxylation is 2. The van der Waals surface area contributed by atoms with Crippen molar-refractivity contribution < 1.29 is 13.9 Å². The van der Waals surface area contributed by atoms with E-state index in [0.717, 1.165) is 33.8 Å². The minimum absolute atomic E-state index is 0.210. The van der Waals surface area contributed by atoms with Gasteiger partial charge in [0.2, 0.25) is 0 Å². The van der Waals surface area contributed by atoms with E-state index in [4.69, 9.17) is 0 Å². The molecule has 0 amide bonds. The highest BCUT2D eigenvalue weighted by Crippen LogP contribution is 2.29. The average molecular weight is 327 g/mol. The van der Waals surface area contributed by atoms with Crippen molar-refractivity contribution in [3.05, 3.63) is 68.7 Å². The second-order valence-electron chi connectivity index (χ2n) is 4.56. The van der Waals surface area contributed by atoms with E-state index < -0.39 is 17.7 Å². The van der Waals surface area contributed by atoms with E-state index in [-0.39, 0.29) is 5.56 Å². The fraction of sp³-hybridized carbons (Fsp3) is 0.200. The molecule has 2 rings (SSSR count). The molecule has 0 aromatic heterocycles. The molecule has 0 aliphatic carbocycles. The Kier molecular flexibility index (Phi) is 4.02. The number of aliphatic hydroxyl groups excluding tert-OH is 1. The van der Waals surface area contributed by atoms with Crippen LogP contribution in [0.1, 0.15) is 28.4 Å². The van der Waals surface area contributed by atoms with Gasteiger partial charge in [-0.25, -0.2) is 8.78 Å². The lowest BCUT2D eigenvalue weighted by molar-refractivity contribution is 0.218. The molecule has 1 nitrogen and oxygen atoms in total. The quantitative estimate of drug-likeness (QED) is 0.865. The van der Waals surface area contributed by atoms with E-state index >= 15 is 0 Å². The Bertz CT molecular complexity index is 606. The highest BCUT2D eigenvalue weighted by atomic mass is 79.9. The molecule has 1 atom stereocenters. The van der Waals surface area contributed by atoms with Gasteiger partial charge in [-0.2, -0.15) is 0 Å². The lowest BCUT2D eigenvalue weighted by atomic mass is 9.96. The first-order valence-corrected chi connectivity index (χ1v) is 6.58. The van der Waals surface area contributed by atoms with Crippen LogP contribution in [0.4, 0.5) is 8.78 Å². The van der Waals surface area contributed by atoms with Gasteiger partial charge in [0, 0.05) is 10.5 Å². The Balaban J connectivity index is 2.49. The third-order valence-corrected chi connectivity index (χ3v) is 3.90. The second-order valence-corrected chi connectivity index (χ2v) is 5.42. The van der Waals surface area contributed by atoms with Crippen LogP contribution in [0.25, 0.3) is 0 Å². The number of aliphatic hydroxyl groups is 1. The Morgan fingerprint density at radius 1 is 0.947 bits per heavy atom. The summed E-state index contributed by atoms with van der Waals surface area (Å²) in [6.07, 6.45) is -1.04. The van der Waals surface area contributed by atoms with Crippen molar-refractivity contribution in [2.75, 3.05) is 0 Å². The molecule has 0 radical (unpaired) electrons. The summed E-state index contributed by atoms with van der Waals surface area (Å²) in [6, 6.07) is 6.77. The Hall–Kier alpha value is -1.26. The minimum Gasteiger partial charge on any atom is -0.384 e. The van der Waals surface area contributed by atoms with Crippen LogP contribution in [0.2, 0.25) is 0 Å². The van der Waals surface area contributed by atoms with Crippen molar-refractivity contribution in [1.82, 2.24) is 0 Å². The maximum atomic E-state index is 13.2. The smallest absolute Gasteiger partial charge is 0.126 e. The van der Waals surface area contributed by atoms with E-state index in [1.807, 2.05) is 26.0 Å².